The van der Waals surface area contributed by atoms with Crippen LogP contribution in [0.5, 0.6) is 5.75 Å². The summed E-state index contributed by atoms with van der Waals surface area (Å²) in [7, 11) is -3.00. The van der Waals surface area contributed by atoms with Crippen LogP contribution in [-0.2, 0) is 80.4 Å². The van der Waals surface area contributed by atoms with Crippen molar-refractivity contribution in [1.29, 1.82) is 0 Å². The zero-order valence-electron chi connectivity index (χ0n) is 54.4. The standard InChI is InChI=1S/C63H97N7O15S2/c1-35-36(2)55(37(3)54-45(35)31-63(16,17)85-54)87(79,80)69-59(65)66-26-22-25-46-48(71)27-42(58(78)81-32-41-23-20-19-21-24-41)28-52(75)70(18)47(33-86-34-51(64)74)49(72)29-43(38(4)82-60(7,8)9)57(77)68-53(40(6)84-62(13,14)15)50(73)30-44(56(76)67-46)39(5)83-61(10,11)12/h19-21,23-24,38-40,42-44,46-47,53H,22,25-34H2,1-18H3,(H2,64,74)(H,67,76)(H,68,77)(H3,65,66,69)/t38-,39-,40-,42+,43+,44+,46+,47+,53+/m1/s1. The maximum atomic E-state index is 15.1. The molecule has 2 aromatic carbocycles. The van der Waals surface area contributed by atoms with Gasteiger partial charge in [0.2, 0.25) is 29.6 Å². The van der Waals surface area contributed by atoms with Crippen LogP contribution in [0, 0.1) is 38.5 Å². The van der Waals surface area contributed by atoms with Crippen molar-refractivity contribution in [3.8, 4) is 5.75 Å². The third kappa shape index (κ3) is 22.2. The summed E-state index contributed by atoms with van der Waals surface area (Å²) in [5.74, 6) is -10.6. The Morgan fingerprint density at radius 1 is 0.770 bits per heavy atom. The topological polar surface area (TPSA) is 321 Å². The van der Waals surface area contributed by atoms with Crippen LogP contribution in [-0.4, -0.2) is 150 Å². The molecule has 486 valence electrons. The Kier molecular flexibility index (Phi) is 25.8. The van der Waals surface area contributed by atoms with Crippen molar-refractivity contribution in [3.05, 3.63) is 58.1 Å². The quantitative estimate of drug-likeness (QED) is 0.0452. The normalized spacial score (nSPS) is 22.8. The number of hydrogen-bond acceptors (Lipinski definition) is 17. The van der Waals surface area contributed by atoms with Crippen molar-refractivity contribution in [2.45, 2.75) is 233 Å². The second kappa shape index (κ2) is 30.5. The minimum atomic E-state index is -4.33. The van der Waals surface area contributed by atoms with Crippen molar-refractivity contribution >= 4 is 74.7 Å². The molecule has 22 nitrogen and oxygen atoms in total. The van der Waals surface area contributed by atoms with Crippen LogP contribution in [0.1, 0.15) is 163 Å². The Morgan fingerprint density at radius 3 is 1.86 bits per heavy atom. The number of aliphatic imine (C=N–C) groups is 1. The molecule has 24 heteroatoms. The number of amides is 4. The molecule has 4 rings (SSSR count). The number of nitrogens with one attached hydrogen (secondary N) is 3. The number of rotatable bonds is 19. The highest BCUT2D eigenvalue weighted by molar-refractivity contribution is 8.00. The maximum absolute atomic E-state index is 15.1. The number of sulfonamides is 1. The molecule has 87 heavy (non-hydrogen) atoms. The Morgan fingerprint density at radius 2 is 1.31 bits per heavy atom. The van der Waals surface area contributed by atoms with E-state index in [0.717, 1.165) is 27.8 Å². The third-order valence-electron chi connectivity index (χ3n) is 15.0. The molecule has 1 fully saturated rings. The van der Waals surface area contributed by atoms with E-state index < -0.39 is 165 Å². The summed E-state index contributed by atoms with van der Waals surface area (Å²) in [6.45, 7) is 29.3. The lowest BCUT2D eigenvalue weighted by atomic mass is 9.89. The molecular weight excluding hydrogens is 1160 g/mol. The largest absolute Gasteiger partial charge is 0.487 e. The van der Waals surface area contributed by atoms with E-state index >= 15 is 14.4 Å². The second-order valence-corrected chi connectivity index (χ2v) is 29.3. The SMILES string of the molecule is Cc1c(C)c(S(=O)(=O)NC(N)=NCCC[C@@H]2NC(=O)[C@H]([C@@H](C)OC(C)(C)C)CC(=O)[C@H]([C@@H](C)OC(C)(C)C)NC(=O)[C@H]([C@@H](C)OC(C)(C)C)CC(=O)[C@H](CSCC(N)=O)N(C)C(=O)C[C@@H](C(=O)OCc3ccccc3)CC2=O)c(C)c2c1CC(C)(C)O2. The fourth-order valence-corrected chi connectivity index (χ4v) is 13.4. The number of guanidine groups is 1. The number of Topliss-reactive ketones (excluding diaryl/α,β-unsaturated/α-hetero) is 3. The van der Waals surface area contributed by atoms with Crippen LogP contribution < -0.4 is 31.6 Å². The molecule has 9 atom stereocenters. The monoisotopic (exact) mass is 1260 g/mol. The van der Waals surface area contributed by atoms with E-state index in [9.17, 15) is 32.4 Å². The van der Waals surface area contributed by atoms with Crippen molar-refractivity contribution in [2.75, 3.05) is 25.1 Å². The summed E-state index contributed by atoms with van der Waals surface area (Å²) in [5.41, 5.74) is 11.9. The highest BCUT2D eigenvalue weighted by Gasteiger charge is 2.43. The number of nitrogens with two attached hydrogens (primary N) is 2. The van der Waals surface area contributed by atoms with Gasteiger partial charge in [-0.1, -0.05) is 30.3 Å². The van der Waals surface area contributed by atoms with Gasteiger partial charge in [0.05, 0.1) is 75.6 Å². The van der Waals surface area contributed by atoms with Gasteiger partial charge in [-0.05, 0) is 147 Å². The van der Waals surface area contributed by atoms with Gasteiger partial charge in [-0.25, -0.2) is 13.1 Å². The lowest BCUT2D eigenvalue weighted by Crippen LogP contribution is -2.55. The number of carbonyl (C=O) groups excluding carboxylic acids is 8. The molecule has 0 aromatic heterocycles. The zero-order valence-corrected chi connectivity index (χ0v) is 56.0. The lowest BCUT2D eigenvalue weighted by molar-refractivity contribution is -0.154. The number of ketones is 3. The average Bonchev–Trinajstić information content (AvgIpc) is 1.73. The molecule has 0 spiro atoms. The maximum Gasteiger partial charge on any atom is 0.310 e. The number of hydrogen-bond donors (Lipinski definition) is 5. The predicted molar refractivity (Wildman–Crippen MR) is 333 cm³/mol. The average molecular weight is 1260 g/mol. The fraction of sp³-hybridized carbons (Fsp3) is 0.667. The van der Waals surface area contributed by atoms with E-state index in [1.54, 1.807) is 127 Å². The summed E-state index contributed by atoms with van der Waals surface area (Å²) in [5, 5.41) is 5.70. The summed E-state index contributed by atoms with van der Waals surface area (Å²) >= 11 is 0.969. The van der Waals surface area contributed by atoms with E-state index in [2.05, 4.69) is 20.3 Å². The number of esters is 1. The number of carbonyl (C=O) groups is 8. The van der Waals surface area contributed by atoms with Crippen molar-refractivity contribution < 1.29 is 70.5 Å². The van der Waals surface area contributed by atoms with Gasteiger partial charge in [0.1, 0.15) is 24.0 Å². The Bertz CT molecular complexity index is 2970. The molecule has 2 heterocycles. The first-order valence-electron chi connectivity index (χ1n) is 29.7. The highest BCUT2D eigenvalue weighted by atomic mass is 32.2. The van der Waals surface area contributed by atoms with E-state index in [4.69, 9.17) is 35.2 Å². The minimum Gasteiger partial charge on any atom is -0.487 e. The molecule has 0 unspecified atom stereocenters. The first kappa shape index (κ1) is 73.5. The zero-order chi connectivity index (χ0) is 65.9. The summed E-state index contributed by atoms with van der Waals surface area (Å²) in [6.07, 6.45) is -5.09. The minimum absolute atomic E-state index is 0.00612. The van der Waals surface area contributed by atoms with Gasteiger partial charge in [-0.15, -0.1) is 11.8 Å². The fourth-order valence-electron chi connectivity index (χ4n) is 10.9. The number of likely N-dealkylation sites (N-methyl/N-ethyl adjacent to an activating group) is 1. The van der Waals surface area contributed by atoms with E-state index in [1.165, 1.54) is 7.05 Å². The molecule has 0 radical (unpaired) electrons. The van der Waals surface area contributed by atoms with Gasteiger partial charge < -0.3 is 50.7 Å². The van der Waals surface area contributed by atoms with Crippen LogP contribution >= 0.6 is 11.8 Å². The van der Waals surface area contributed by atoms with Gasteiger partial charge in [0.25, 0.3) is 10.0 Å². The number of thioether (sulfide) groups is 1. The van der Waals surface area contributed by atoms with Crippen molar-refractivity contribution in [1.82, 2.24) is 20.3 Å². The van der Waals surface area contributed by atoms with Crippen LogP contribution in [0.25, 0.3) is 0 Å². The number of fused-ring (bicyclic) bond motifs is 1. The first-order valence-corrected chi connectivity index (χ1v) is 32.3. The van der Waals surface area contributed by atoms with Crippen LogP contribution in [0.4, 0.5) is 0 Å². The Balaban J connectivity index is 1.89. The van der Waals surface area contributed by atoms with Crippen molar-refractivity contribution in [3.63, 3.8) is 0 Å². The van der Waals surface area contributed by atoms with Crippen LogP contribution in [0.15, 0.2) is 40.2 Å². The van der Waals surface area contributed by atoms with Crippen molar-refractivity contribution in [2.24, 2.45) is 34.2 Å². The van der Waals surface area contributed by atoms with E-state index in [0.29, 0.717) is 28.9 Å². The number of benzene rings is 2. The van der Waals surface area contributed by atoms with Gasteiger partial charge in [-0.2, -0.15) is 0 Å². The number of nitrogens with zero attached hydrogens (tertiary/aromatic N) is 2. The number of primary amides is 1. The molecular formula is C63H97N7O15S2. The summed E-state index contributed by atoms with van der Waals surface area (Å²) < 4.78 is 61.5. The lowest BCUT2D eigenvalue weighted by Gasteiger charge is -2.35. The van der Waals surface area contributed by atoms with E-state index in [1.807, 2.05) is 20.8 Å². The molecule has 4 amide bonds. The van der Waals surface area contributed by atoms with Gasteiger partial charge in [-0.3, -0.25) is 43.3 Å². The predicted octanol–water partition coefficient (Wildman–Crippen LogP) is 6.20. The second-order valence-electron chi connectivity index (χ2n) is 26.6. The smallest absolute Gasteiger partial charge is 0.310 e. The van der Waals surface area contributed by atoms with E-state index in [-0.39, 0.29) is 42.4 Å². The molecule has 7 N–H and O–H groups in total. The van der Waals surface area contributed by atoms with Gasteiger partial charge >= 0.3 is 5.97 Å². The number of ether oxygens (including phenoxy) is 5. The Hall–Kier alpha value is -5.95. The van der Waals surface area contributed by atoms with Gasteiger partial charge in [0.15, 0.2) is 17.3 Å². The van der Waals surface area contributed by atoms with Crippen LogP contribution in [0.3, 0.4) is 0 Å². The van der Waals surface area contributed by atoms with Gasteiger partial charge in [0, 0.05) is 62.6 Å². The molecule has 2 aliphatic rings. The Labute approximate surface area is 519 Å². The molecule has 0 aliphatic carbocycles. The van der Waals surface area contributed by atoms with Crippen LogP contribution in [0.2, 0.25) is 0 Å². The summed E-state index contributed by atoms with van der Waals surface area (Å²) in [6, 6.07) is 4.46. The molecule has 0 saturated carbocycles. The third-order valence-corrected chi connectivity index (χ3v) is 17.7. The highest BCUT2D eigenvalue weighted by Crippen LogP contribution is 2.44. The summed E-state index contributed by atoms with van der Waals surface area (Å²) in [4.78, 5) is 122. The first-order chi connectivity index (χ1) is 40.0. The molecule has 2 aromatic rings. The molecule has 1 saturated heterocycles. The molecule has 0 bridgehead atoms. The molecule has 2 aliphatic heterocycles.